The number of nitrogens with one attached hydrogen (secondary N) is 1. The molecule has 0 aromatic carbocycles. The first kappa shape index (κ1) is 15.1. The Morgan fingerprint density at radius 2 is 2.11 bits per heavy atom. The van der Waals surface area contributed by atoms with Crippen LogP contribution in [0.2, 0.25) is 0 Å². The van der Waals surface area contributed by atoms with Crippen molar-refractivity contribution in [2.75, 3.05) is 20.6 Å². The van der Waals surface area contributed by atoms with Gasteiger partial charge in [0.25, 0.3) is 0 Å². The summed E-state index contributed by atoms with van der Waals surface area (Å²) < 4.78 is 1.92. The van der Waals surface area contributed by atoms with Gasteiger partial charge in [-0.25, -0.2) is 0 Å². The molecule has 0 spiro atoms. The normalized spacial score (nSPS) is 14.2. The zero-order valence-corrected chi connectivity index (χ0v) is 12.6. The van der Waals surface area contributed by atoms with Gasteiger partial charge in [0.15, 0.2) is 0 Å². The fourth-order valence-electron chi connectivity index (χ4n) is 1.82. The highest BCUT2D eigenvalue weighted by molar-refractivity contribution is 4.91. The standard InChI is InChI=1S/C13H27N5/c1-11(13(2,3)4)17(6)7-8-18-10-12(9-14-5)15-16-18/h10-11,14H,7-9H2,1-6H3. The Labute approximate surface area is 111 Å². The summed E-state index contributed by atoms with van der Waals surface area (Å²) in [5, 5.41) is 11.3. The lowest BCUT2D eigenvalue weighted by molar-refractivity contribution is 0.135. The molecule has 1 aromatic heterocycles. The van der Waals surface area contributed by atoms with Crippen LogP contribution in [0.25, 0.3) is 0 Å². The molecule has 0 amide bonds. The fraction of sp³-hybridized carbons (Fsp3) is 0.846. The second-order valence-corrected chi connectivity index (χ2v) is 6.03. The molecule has 0 aliphatic heterocycles. The van der Waals surface area contributed by atoms with Crippen LogP contribution in [0.15, 0.2) is 6.20 Å². The summed E-state index contributed by atoms with van der Waals surface area (Å²) >= 11 is 0. The minimum atomic E-state index is 0.300. The van der Waals surface area contributed by atoms with Gasteiger partial charge in [-0.2, -0.15) is 0 Å². The van der Waals surface area contributed by atoms with Crippen molar-refractivity contribution in [1.29, 1.82) is 0 Å². The first-order chi connectivity index (χ1) is 8.34. The minimum absolute atomic E-state index is 0.300. The molecule has 0 aliphatic rings. The van der Waals surface area contributed by atoms with E-state index < -0.39 is 0 Å². The monoisotopic (exact) mass is 253 g/mol. The third kappa shape index (κ3) is 4.38. The van der Waals surface area contributed by atoms with Gasteiger partial charge in [-0.3, -0.25) is 4.68 Å². The summed E-state index contributed by atoms with van der Waals surface area (Å²) in [5.41, 5.74) is 1.29. The Morgan fingerprint density at radius 1 is 1.44 bits per heavy atom. The van der Waals surface area contributed by atoms with E-state index >= 15 is 0 Å². The number of hydrogen-bond donors (Lipinski definition) is 1. The van der Waals surface area contributed by atoms with Crippen molar-refractivity contribution in [3.8, 4) is 0 Å². The summed E-state index contributed by atoms with van der Waals surface area (Å²) in [6.45, 7) is 11.7. The topological polar surface area (TPSA) is 46.0 Å². The summed E-state index contributed by atoms with van der Waals surface area (Å²) in [5.74, 6) is 0. The van der Waals surface area contributed by atoms with Gasteiger partial charge >= 0.3 is 0 Å². The van der Waals surface area contributed by atoms with Gasteiger partial charge in [0.2, 0.25) is 0 Å². The summed E-state index contributed by atoms with van der Waals surface area (Å²) in [6.07, 6.45) is 2.01. The van der Waals surface area contributed by atoms with E-state index in [0.29, 0.717) is 11.5 Å². The number of nitrogens with zero attached hydrogens (tertiary/aromatic N) is 4. The van der Waals surface area contributed by atoms with Crippen LogP contribution in [-0.2, 0) is 13.1 Å². The average Bonchev–Trinajstić information content (AvgIpc) is 2.72. The van der Waals surface area contributed by atoms with Gasteiger partial charge in [-0.15, -0.1) is 5.10 Å². The maximum Gasteiger partial charge on any atom is 0.0964 e. The van der Waals surface area contributed by atoms with Crippen LogP contribution in [-0.4, -0.2) is 46.6 Å². The Morgan fingerprint density at radius 3 is 2.67 bits per heavy atom. The van der Waals surface area contributed by atoms with E-state index in [-0.39, 0.29) is 0 Å². The van der Waals surface area contributed by atoms with Crippen LogP contribution in [0.3, 0.4) is 0 Å². The lowest BCUT2D eigenvalue weighted by Gasteiger charge is -2.35. The molecular formula is C13H27N5. The maximum atomic E-state index is 4.13. The van der Waals surface area contributed by atoms with Crippen molar-refractivity contribution in [3.05, 3.63) is 11.9 Å². The van der Waals surface area contributed by atoms with Crippen molar-refractivity contribution < 1.29 is 0 Å². The van der Waals surface area contributed by atoms with E-state index in [2.05, 4.69) is 55.3 Å². The Hall–Kier alpha value is -0.940. The van der Waals surface area contributed by atoms with Crippen molar-refractivity contribution in [3.63, 3.8) is 0 Å². The van der Waals surface area contributed by atoms with Gasteiger partial charge in [0, 0.05) is 25.3 Å². The van der Waals surface area contributed by atoms with Crippen molar-refractivity contribution in [2.24, 2.45) is 5.41 Å². The van der Waals surface area contributed by atoms with Crippen LogP contribution in [0, 0.1) is 5.41 Å². The molecule has 18 heavy (non-hydrogen) atoms. The first-order valence-corrected chi connectivity index (χ1v) is 6.58. The molecule has 1 heterocycles. The molecule has 104 valence electrons. The lowest BCUT2D eigenvalue weighted by Crippen LogP contribution is -2.40. The minimum Gasteiger partial charge on any atom is -0.314 e. The van der Waals surface area contributed by atoms with Crippen molar-refractivity contribution >= 4 is 0 Å². The molecule has 0 saturated heterocycles. The molecule has 5 nitrogen and oxygen atoms in total. The number of hydrogen-bond acceptors (Lipinski definition) is 4. The van der Waals surface area contributed by atoms with Crippen LogP contribution in [0.5, 0.6) is 0 Å². The molecule has 1 unspecified atom stereocenters. The maximum absolute atomic E-state index is 4.13. The average molecular weight is 253 g/mol. The van der Waals surface area contributed by atoms with E-state index in [1.54, 1.807) is 0 Å². The molecule has 0 radical (unpaired) electrons. The number of aromatic nitrogens is 3. The second-order valence-electron chi connectivity index (χ2n) is 6.03. The molecule has 5 heteroatoms. The Kier molecular flexibility index (Phi) is 5.28. The number of likely N-dealkylation sites (N-methyl/N-ethyl adjacent to an activating group) is 1. The van der Waals surface area contributed by atoms with Gasteiger partial charge in [-0.05, 0) is 26.4 Å². The Bertz CT molecular complexity index is 353. The van der Waals surface area contributed by atoms with Crippen LogP contribution in [0.1, 0.15) is 33.4 Å². The highest BCUT2D eigenvalue weighted by atomic mass is 15.4. The highest BCUT2D eigenvalue weighted by Gasteiger charge is 2.23. The molecule has 1 atom stereocenters. The molecule has 0 fully saturated rings. The largest absolute Gasteiger partial charge is 0.314 e. The molecule has 0 aliphatic carbocycles. The molecule has 0 saturated carbocycles. The third-order valence-corrected chi connectivity index (χ3v) is 3.54. The van der Waals surface area contributed by atoms with E-state index in [1.807, 2.05) is 17.9 Å². The van der Waals surface area contributed by atoms with Crippen molar-refractivity contribution in [1.82, 2.24) is 25.2 Å². The predicted molar refractivity (Wildman–Crippen MR) is 74.3 cm³/mol. The fourth-order valence-corrected chi connectivity index (χ4v) is 1.82. The van der Waals surface area contributed by atoms with Crippen molar-refractivity contribution in [2.45, 2.75) is 46.8 Å². The molecular weight excluding hydrogens is 226 g/mol. The SMILES string of the molecule is CNCc1cn(CCN(C)C(C)C(C)(C)C)nn1. The molecule has 0 bridgehead atoms. The number of rotatable bonds is 6. The summed E-state index contributed by atoms with van der Waals surface area (Å²) in [6, 6.07) is 0.540. The zero-order chi connectivity index (χ0) is 13.8. The second kappa shape index (κ2) is 6.29. The molecule has 1 rings (SSSR count). The van der Waals surface area contributed by atoms with E-state index in [4.69, 9.17) is 0 Å². The lowest BCUT2D eigenvalue weighted by atomic mass is 9.87. The van der Waals surface area contributed by atoms with Gasteiger partial charge in [0.05, 0.1) is 12.2 Å². The Balaban J connectivity index is 2.44. The van der Waals surface area contributed by atoms with E-state index in [1.165, 1.54) is 0 Å². The van der Waals surface area contributed by atoms with E-state index in [0.717, 1.165) is 25.3 Å². The molecule has 1 N–H and O–H groups in total. The van der Waals surface area contributed by atoms with Gasteiger partial charge in [-0.1, -0.05) is 26.0 Å². The summed E-state index contributed by atoms with van der Waals surface area (Å²) in [4.78, 5) is 2.37. The van der Waals surface area contributed by atoms with Crippen LogP contribution < -0.4 is 5.32 Å². The quantitative estimate of drug-likeness (QED) is 0.831. The van der Waals surface area contributed by atoms with Gasteiger partial charge < -0.3 is 10.2 Å². The highest BCUT2D eigenvalue weighted by Crippen LogP contribution is 2.22. The first-order valence-electron chi connectivity index (χ1n) is 6.58. The van der Waals surface area contributed by atoms with Crippen LogP contribution in [0.4, 0.5) is 0 Å². The van der Waals surface area contributed by atoms with Gasteiger partial charge in [0.1, 0.15) is 0 Å². The van der Waals surface area contributed by atoms with Crippen LogP contribution >= 0.6 is 0 Å². The summed E-state index contributed by atoms with van der Waals surface area (Å²) in [7, 11) is 4.08. The molecule has 1 aromatic rings. The predicted octanol–water partition coefficient (Wildman–Crippen LogP) is 1.36. The third-order valence-electron chi connectivity index (χ3n) is 3.54. The van der Waals surface area contributed by atoms with E-state index in [9.17, 15) is 0 Å². The smallest absolute Gasteiger partial charge is 0.0964 e. The zero-order valence-electron chi connectivity index (χ0n) is 12.6.